The highest BCUT2D eigenvalue weighted by atomic mass is 28.4. The van der Waals surface area contributed by atoms with Crippen molar-refractivity contribution in [2.24, 2.45) is 11.8 Å². The summed E-state index contributed by atoms with van der Waals surface area (Å²) in [5, 5.41) is 0. The van der Waals surface area contributed by atoms with E-state index in [-0.39, 0.29) is 36.6 Å². The van der Waals surface area contributed by atoms with Crippen LogP contribution in [0.25, 0.3) is 0 Å². The molecule has 1 amide bonds. The van der Waals surface area contributed by atoms with Crippen molar-refractivity contribution in [1.82, 2.24) is 4.90 Å². The molecule has 0 bridgehead atoms. The Morgan fingerprint density at radius 1 is 1.04 bits per heavy atom. The summed E-state index contributed by atoms with van der Waals surface area (Å²) < 4.78 is 10.9. The summed E-state index contributed by atoms with van der Waals surface area (Å²) in [5.74, 6) is -1.02. The maximum absolute atomic E-state index is 12.7. The van der Waals surface area contributed by atoms with Gasteiger partial charge in [0.2, 0.25) is 14.2 Å². The lowest BCUT2D eigenvalue weighted by atomic mass is 9.95. The number of carbonyl (C=O) groups excluding carboxylic acids is 3. The van der Waals surface area contributed by atoms with Crippen LogP contribution in [-0.2, 0) is 23.5 Å². The summed E-state index contributed by atoms with van der Waals surface area (Å²) in [6, 6.07) is -0.789. The van der Waals surface area contributed by atoms with Crippen molar-refractivity contribution < 1.29 is 23.5 Å². The van der Waals surface area contributed by atoms with Gasteiger partial charge in [0.05, 0.1) is 0 Å². The summed E-state index contributed by atoms with van der Waals surface area (Å²) in [6.07, 6.45) is 0.238. The minimum Gasteiger partial charge on any atom is -0.518 e. The van der Waals surface area contributed by atoms with E-state index in [1.165, 1.54) is 4.90 Å². The SMILES string of the molecule is CC(C)[C@H](C)C(=O)N(C)[C@@H](CCC(=O)OC(C)(C)C)C(=O)O[Si](C)(C)C. The fourth-order valence-corrected chi connectivity index (χ4v) is 2.99. The van der Waals surface area contributed by atoms with Crippen LogP contribution >= 0.6 is 0 Å². The Morgan fingerprint density at radius 2 is 1.54 bits per heavy atom. The average Bonchev–Trinajstić information content (AvgIpc) is 2.41. The zero-order valence-corrected chi connectivity index (χ0v) is 19.1. The van der Waals surface area contributed by atoms with Gasteiger partial charge in [-0.3, -0.25) is 14.4 Å². The summed E-state index contributed by atoms with van der Waals surface area (Å²) in [7, 11) is -0.507. The monoisotopic (exact) mass is 387 g/mol. The number of hydrogen-bond donors (Lipinski definition) is 0. The van der Waals surface area contributed by atoms with E-state index in [4.69, 9.17) is 9.16 Å². The molecule has 26 heavy (non-hydrogen) atoms. The number of nitrogens with zero attached hydrogens (tertiary/aromatic N) is 1. The zero-order chi connectivity index (χ0) is 20.9. The van der Waals surface area contributed by atoms with E-state index in [9.17, 15) is 14.4 Å². The predicted octanol–water partition coefficient (Wildman–Crippen LogP) is 3.61. The topological polar surface area (TPSA) is 72.9 Å². The van der Waals surface area contributed by atoms with Crippen molar-refractivity contribution >= 4 is 26.2 Å². The lowest BCUT2D eigenvalue weighted by Gasteiger charge is -2.32. The van der Waals surface area contributed by atoms with Crippen molar-refractivity contribution in [3.63, 3.8) is 0 Å². The average molecular weight is 388 g/mol. The Morgan fingerprint density at radius 3 is 1.92 bits per heavy atom. The summed E-state index contributed by atoms with van der Waals surface area (Å²) in [4.78, 5) is 38.8. The Balaban J connectivity index is 5.26. The Labute approximate surface area is 159 Å². The third-order valence-electron chi connectivity index (χ3n) is 3.93. The molecule has 6 nitrogen and oxygen atoms in total. The van der Waals surface area contributed by atoms with E-state index < -0.39 is 25.9 Å². The molecule has 0 aromatic rings. The normalized spacial score (nSPS) is 14.6. The van der Waals surface area contributed by atoms with E-state index in [0.717, 1.165) is 0 Å². The first-order chi connectivity index (χ1) is 11.5. The molecular formula is C19H37NO5Si. The zero-order valence-electron chi connectivity index (χ0n) is 18.1. The molecule has 0 fully saturated rings. The largest absolute Gasteiger partial charge is 0.518 e. The van der Waals surface area contributed by atoms with E-state index >= 15 is 0 Å². The van der Waals surface area contributed by atoms with Crippen molar-refractivity contribution in [3.05, 3.63) is 0 Å². The van der Waals surface area contributed by atoms with Crippen LogP contribution in [0.2, 0.25) is 19.6 Å². The third kappa shape index (κ3) is 9.36. The number of amides is 1. The van der Waals surface area contributed by atoms with Crippen molar-refractivity contribution in [2.45, 2.75) is 85.7 Å². The quantitative estimate of drug-likeness (QED) is 0.470. The van der Waals surface area contributed by atoms with Crippen LogP contribution in [-0.4, -0.2) is 49.8 Å². The van der Waals surface area contributed by atoms with E-state index in [0.29, 0.717) is 0 Å². The Kier molecular flexibility index (Phi) is 9.03. The molecule has 0 spiro atoms. The van der Waals surface area contributed by atoms with Crippen molar-refractivity contribution in [3.8, 4) is 0 Å². The standard InChI is InChI=1S/C19H37NO5Si/c1-13(2)14(3)17(22)20(7)15(18(23)25-26(8,9)10)11-12-16(21)24-19(4,5)6/h13-15H,11-12H2,1-10H3/t14-,15-/m0/s1. The van der Waals surface area contributed by atoms with Crippen LogP contribution in [0, 0.1) is 11.8 Å². The summed E-state index contributed by atoms with van der Waals surface area (Å²) in [6.45, 7) is 16.9. The number of rotatable bonds is 8. The molecular weight excluding hydrogens is 350 g/mol. The molecule has 152 valence electrons. The van der Waals surface area contributed by atoms with Gasteiger partial charge in [-0.2, -0.15) is 0 Å². The van der Waals surface area contributed by atoms with Gasteiger partial charge in [0, 0.05) is 19.4 Å². The van der Waals surface area contributed by atoms with E-state index in [1.807, 2.05) is 40.4 Å². The molecule has 0 aromatic carbocycles. The van der Waals surface area contributed by atoms with Crippen LogP contribution in [0.3, 0.4) is 0 Å². The van der Waals surface area contributed by atoms with Crippen LogP contribution in [0.15, 0.2) is 0 Å². The maximum Gasteiger partial charge on any atom is 0.315 e. The van der Waals surface area contributed by atoms with Crippen LogP contribution < -0.4 is 0 Å². The molecule has 7 heteroatoms. The van der Waals surface area contributed by atoms with Gasteiger partial charge in [-0.15, -0.1) is 0 Å². The first-order valence-electron chi connectivity index (χ1n) is 9.26. The van der Waals surface area contributed by atoms with Crippen LogP contribution in [0.1, 0.15) is 54.4 Å². The molecule has 0 heterocycles. The first kappa shape index (κ1) is 24.6. The highest BCUT2D eigenvalue weighted by Gasteiger charge is 2.34. The highest BCUT2D eigenvalue weighted by molar-refractivity contribution is 6.71. The molecule has 0 aliphatic rings. The number of hydrogen-bond acceptors (Lipinski definition) is 5. The molecule has 0 saturated carbocycles. The fourth-order valence-electron chi connectivity index (χ4n) is 2.25. The summed E-state index contributed by atoms with van der Waals surface area (Å²) in [5.41, 5.74) is -0.584. The Hall–Kier alpha value is -1.37. The third-order valence-corrected chi connectivity index (χ3v) is 4.74. The second-order valence-corrected chi connectivity index (χ2v) is 13.6. The molecule has 0 N–H and O–H groups in total. The van der Waals surface area contributed by atoms with E-state index in [1.54, 1.807) is 27.8 Å². The molecule has 0 aromatic heterocycles. The van der Waals surface area contributed by atoms with Gasteiger partial charge in [-0.1, -0.05) is 20.8 Å². The highest BCUT2D eigenvalue weighted by Crippen LogP contribution is 2.19. The smallest absolute Gasteiger partial charge is 0.315 e. The van der Waals surface area contributed by atoms with Crippen molar-refractivity contribution in [1.29, 1.82) is 0 Å². The number of ether oxygens (including phenoxy) is 1. The van der Waals surface area contributed by atoms with Gasteiger partial charge in [-0.25, -0.2) is 0 Å². The molecule has 0 radical (unpaired) electrons. The fraction of sp³-hybridized carbons (Fsp3) is 0.842. The van der Waals surface area contributed by atoms with Gasteiger partial charge >= 0.3 is 11.9 Å². The minimum atomic E-state index is -2.11. The van der Waals surface area contributed by atoms with Gasteiger partial charge in [0.25, 0.3) is 0 Å². The van der Waals surface area contributed by atoms with Crippen molar-refractivity contribution in [2.75, 3.05) is 7.05 Å². The lowest BCUT2D eigenvalue weighted by molar-refractivity contribution is -0.157. The molecule has 0 aliphatic carbocycles. The number of carbonyl (C=O) groups is 3. The number of esters is 1. The molecule has 0 saturated heterocycles. The van der Waals surface area contributed by atoms with Gasteiger partial charge in [0.15, 0.2) is 0 Å². The van der Waals surface area contributed by atoms with Gasteiger partial charge in [0.1, 0.15) is 11.6 Å². The number of likely N-dealkylation sites (N-methyl/N-ethyl adjacent to an activating group) is 1. The van der Waals surface area contributed by atoms with Gasteiger partial charge < -0.3 is 14.1 Å². The van der Waals surface area contributed by atoms with Crippen LogP contribution in [0.4, 0.5) is 0 Å². The molecule has 2 atom stereocenters. The van der Waals surface area contributed by atoms with E-state index in [2.05, 4.69) is 0 Å². The molecule has 0 aliphatic heterocycles. The Bertz CT molecular complexity index is 505. The molecule has 0 unspecified atom stereocenters. The molecule has 0 rings (SSSR count). The maximum atomic E-state index is 12.7. The second-order valence-electron chi connectivity index (χ2n) is 9.16. The predicted molar refractivity (Wildman–Crippen MR) is 105 cm³/mol. The minimum absolute atomic E-state index is 0.0520. The van der Waals surface area contributed by atoms with Crippen LogP contribution in [0.5, 0.6) is 0 Å². The first-order valence-corrected chi connectivity index (χ1v) is 12.7. The van der Waals surface area contributed by atoms with Gasteiger partial charge in [-0.05, 0) is 52.8 Å². The second kappa shape index (κ2) is 9.53. The summed E-state index contributed by atoms with van der Waals surface area (Å²) >= 11 is 0. The lowest BCUT2D eigenvalue weighted by Crippen LogP contribution is -2.48.